The second-order valence-corrected chi connectivity index (χ2v) is 5.03. The lowest BCUT2D eigenvalue weighted by Crippen LogP contribution is -2.19. The van der Waals surface area contributed by atoms with E-state index in [0.717, 1.165) is 0 Å². The summed E-state index contributed by atoms with van der Waals surface area (Å²) in [6, 6.07) is 8.41. The first-order valence-corrected chi connectivity index (χ1v) is 6.62. The van der Waals surface area contributed by atoms with Gasteiger partial charge in [0.1, 0.15) is 5.75 Å². The highest BCUT2D eigenvalue weighted by Gasteiger charge is 2.09. The molecule has 1 aromatic carbocycles. The zero-order valence-corrected chi connectivity index (χ0v) is 12.6. The topological polar surface area (TPSA) is 60.3 Å². The van der Waals surface area contributed by atoms with Crippen molar-refractivity contribution in [2.45, 2.75) is 0 Å². The molecular weight excluding hydrogens is 324 g/mol. The third kappa shape index (κ3) is 3.08. The van der Waals surface area contributed by atoms with Crippen LogP contribution in [0.1, 0.15) is 10.4 Å². The SMILES string of the molecule is COc1cccc(C(=O)Nc2cc(Br)c(=O)n(C)c2)c1. The largest absolute Gasteiger partial charge is 0.497 e. The van der Waals surface area contributed by atoms with Crippen molar-refractivity contribution in [3.8, 4) is 5.75 Å². The number of pyridine rings is 1. The number of carbonyl (C=O) groups excluding carboxylic acids is 1. The molecule has 0 unspecified atom stereocenters. The van der Waals surface area contributed by atoms with Crippen molar-refractivity contribution in [2.24, 2.45) is 7.05 Å². The van der Waals surface area contributed by atoms with E-state index in [0.29, 0.717) is 21.5 Å². The van der Waals surface area contributed by atoms with Crippen LogP contribution in [-0.4, -0.2) is 17.6 Å². The summed E-state index contributed by atoms with van der Waals surface area (Å²) in [5.74, 6) is 0.341. The Morgan fingerprint density at radius 3 is 2.75 bits per heavy atom. The van der Waals surface area contributed by atoms with Gasteiger partial charge in [-0.1, -0.05) is 6.07 Å². The van der Waals surface area contributed by atoms with Gasteiger partial charge in [0.05, 0.1) is 17.3 Å². The lowest BCUT2D eigenvalue weighted by molar-refractivity contribution is 0.102. The van der Waals surface area contributed by atoms with E-state index in [1.165, 1.54) is 4.57 Å². The molecule has 6 heteroatoms. The fraction of sp³-hybridized carbons (Fsp3) is 0.143. The number of methoxy groups -OCH3 is 1. The van der Waals surface area contributed by atoms with E-state index in [2.05, 4.69) is 21.2 Å². The van der Waals surface area contributed by atoms with Crippen LogP contribution in [0.2, 0.25) is 0 Å². The molecular formula is C14H13BrN2O3. The molecule has 1 amide bonds. The number of halogens is 1. The number of ether oxygens (including phenoxy) is 1. The summed E-state index contributed by atoms with van der Waals surface area (Å²) in [5.41, 5.74) is 0.852. The van der Waals surface area contributed by atoms with E-state index in [1.54, 1.807) is 50.7 Å². The number of nitrogens with one attached hydrogen (secondary N) is 1. The number of benzene rings is 1. The minimum absolute atomic E-state index is 0.163. The van der Waals surface area contributed by atoms with E-state index in [1.807, 2.05) is 0 Å². The van der Waals surface area contributed by atoms with Crippen molar-refractivity contribution in [3.63, 3.8) is 0 Å². The molecule has 0 saturated heterocycles. The van der Waals surface area contributed by atoms with E-state index in [4.69, 9.17) is 4.74 Å². The minimum atomic E-state index is -0.269. The van der Waals surface area contributed by atoms with Crippen LogP contribution in [0, 0.1) is 0 Å². The third-order valence-electron chi connectivity index (χ3n) is 2.73. The summed E-state index contributed by atoms with van der Waals surface area (Å²) in [6.07, 6.45) is 1.56. The van der Waals surface area contributed by atoms with E-state index >= 15 is 0 Å². The van der Waals surface area contributed by atoms with E-state index in [-0.39, 0.29) is 11.5 Å². The van der Waals surface area contributed by atoms with Crippen molar-refractivity contribution in [1.29, 1.82) is 0 Å². The molecule has 5 nitrogen and oxygen atoms in total. The Bertz CT molecular complexity index is 684. The molecule has 0 aliphatic rings. The predicted molar refractivity (Wildman–Crippen MR) is 80.3 cm³/mol. The van der Waals surface area contributed by atoms with Crippen molar-refractivity contribution in [1.82, 2.24) is 4.57 Å². The van der Waals surface area contributed by atoms with Gasteiger partial charge in [-0.25, -0.2) is 0 Å². The van der Waals surface area contributed by atoms with Crippen LogP contribution in [0.3, 0.4) is 0 Å². The highest BCUT2D eigenvalue weighted by Crippen LogP contribution is 2.16. The highest BCUT2D eigenvalue weighted by atomic mass is 79.9. The van der Waals surface area contributed by atoms with Crippen molar-refractivity contribution in [2.75, 3.05) is 12.4 Å². The Hall–Kier alpha value is -2.08. The summed E-state index contributed by atoms with van der Waals surface area (Å²) in [6.45, 7) is 0. The van der Waals surface area contributed by atoms with Gasteiger partial charge in [-0.3, -0.25) is 9.59 Å². The first kappa shape index (κ1) is 14.3. The first-order valence-electron chi connectivity index (χ1n) is 5.83. The number of anilines is 1. The Labute approximate surface area is 124 Å². The Morgan fingerprint density at radius 2 is 2.10 bits per heavy atom. The number of aryl methyl sites for hydroxylation is 1. The van der Waals surface area contributed by atoms with Gasteiger partial charge in [-0.05, 0) is 40.2 Å². The zero-order chi connectivity index (χ0) is 14.7. The third-order valence-corrected chi connectivity index (χ3v) is 3.30. The molecule has 0 bridgehead atoms. The van der Waals surface area contributed by atoms with Crippen molar-refractivity contribution >= 4 is 27.5 Å². The summed E-state index contributed by atoms with van der Waals surface area (Å²) in [7, 11) is 3.16. The highest BCUT2D eigenvalue weighted by molar-refractivity contribution is 9.10. The number of carbonyl (C=O) groups is 1. The monoisotopic (exact) mass is 336 g/mol. The molecule has 20 heavy (non-hydrogen) atoms. The van der Waals surface area contributed by atoms with Gasteiger partial charge in [0.15, 0.2) is 0 Å². The van der Waals surface area contributed by atoms with Gasteiger partial charge < -0.3 is 14.6 Å². The second kappa shape index (κ2) is 5.92. The van der Waals surface area contributed by atoms with Crippen molar-refractivity contribution in [3.05, 3.63) is 56.9 Å². The number of aromatic nitrogens is 1. The quantitative estimate of drug-likeness (QED) is 0.936. The maximum absolute atomic E-state index is 12.1. The lowest BCUT2D eigenvalue weighted by Gasteiger charge is -2.08. The number of amides is 1. The van der Waals surface area contributed by atoms with Crippen LogP contribution < -0.4 is 15.6 Å². The molecule has 0 aliphatic carbocycles. The van der Waals surface area contributed by atoms with E-state index in [9.17, 15) is 9.59 Å². The van der Waals surface area contributed by atoms with Gasteiger partial charge in [0.25, 0.3) is 11.5 Å². The molecule has 0 radical (unpaired) electrons. The molecule has 0 fully saturated rings. The maximum atomic E-state index is 12.1. The maximum Gasteiger partial charge on any atom is 0.264 e. The van der Waals surface area contributed by atoms with Crippen LogP contribution >= 0.6 is 15.9 Å². The van der Waals surface area contributed by atoms with Crippen LogP contribution in [0.4, 0.5) is 5.69 Å². The Balaban J connectivity index is 2.25. The number of hydrogen-bond acceptors (Lipinski definition) is 3. The molecule has 0 spiro atoms. The summed E-state index contributed by atoms with van der Waals surface area (Å²) < 4.78 is 6.86. The second-order valence-electron chi connectivity index (χ2n) is 4.18. The van der Waals surface area contributed by atoms with Crippen LogP contribution in [0.15, 0.2) is 45.8 Å². The normalized spacial score (nSPS) is 10.2. The van der Waals surface area contributed by atoms with Crippen molar-refractivity contribution < 1.29 is 9.53 Å². The smallest absolute Gasteiger partial charge is 0.264 e. The molecule has 0 aliphatic heterocycles. The molecule has 1 aromatic heterocycles. The Kier molecular flexibility index (Phi) is 4.24. The standard InChI is InChI=1S/C14H13BrN2O3/c1-17-8-10(7-12(15)14(17)19)16-13(18)9-4-3-5-11(6-9)20-2/h3-8H,1-2H3,(H,16,18). The Morgan fingerprint density at radius 1 is 1.35 bits per heavy atom. The van der Waals surface area contributed by atoms with Gasteiger partial charge in [0, 0.05) is 18.8 Å². The van der Waals surface area contributed by atoms with Gasteiger partial charge in [0.2, 0.25) is 0 Å². The average molecular weight is 337 g/mol. The molecule has 1 heterocycles. The molecule has 2 rings (SSSR count). The molecule has 0 atom stereocenters. The first-order chi connectivity index (χ1) is 9.51. The predicted octanol–water partition coefficient (Wildman–Crippen LogP) is 2.41. The molecule has 104 valence electrons. The van der Waals surface area contributed by atoms with Gasteiger partial charge in [-0.15, -0.1) is 0 Å². The fourth-order valence-electron chi connectivity index (χ4n) is 1.71. The minimum Gasteiger partial charge on any atom is -0.497 e. The van der Waals surface area contributed by atoms with Crippen LogP contribution in [0.5, 0.6) is 5.75 Å². The summed E-state index contributed by atoms with van der Waals surface area (Å²) >= 11 is 3.16. The van der Waals surface area contributed by atoms with Crippen LogP contribution in [0.25, 0.3) is 0 Å². The van der Waals surface area contributed by atoms with Gasteiger partial charge in [-0.2, -0.15) is 0 Å². The fourth-order valence-corrected chi connectivity index (χ4v) is 2.23. The van der Waals surface area contributed by atoms with Gasteiger partial charge >= 0.3 is 0 Å². The van der Waals surface area contributed by atoms with Crippen LogP contribution in [-0.2, 0) is 7.05 Å². The zero-order valence-electron chi connectivity index (χ0n) is 11.0. The number of nitrogens with zero attached hydrogens (tertiary/aromatic N) is 1. The summed E-state index contributed by atoms with van der Waals surface area (Å²) in [5, 5.41) is 2.73. The average Bonchev–Trinajstić information content (AvgIpc) is 2.44. The number of hydrogen-bond donors (Lipinski definition) is 1. The molecule has 2 aromatic rings. The van der Waals surface area contributed by atoms with E-state index < -0.39 is 0 Å². The number of rotatable bonds is 3. The summed E-state index contributed by atoms with van der Waals surface area (Å²) in [4.78, 5) is 23.7. The molecule has 0 saturated carbocycles. The lowest BCUT2D eigenvalue weighted by atomic mass is 10.2. The molecule has 1 N–H and O–H groups in total.